The zero-order valence-corrected chi connectivity index (χ0v) is 13.1. The lowest BCUT2D eigenvalue weighted by molar-refractivity contribution is 0.0782. The van der Waals surface area contributed by atoms with Crippen molar-refractivity contribution in [2.75, 3.05) is 26.2 Å². The minimum absolute atomic E-state index is 0.0648. The largest absolute Gasteiger partial charge is 0.395 e. The van der Waals surface area contributed by atoms with E-state index in [1.54, 1.807) is 23.0 Å². The van der Waals surface area contributed by atoms with Gasteiger partial charge in [0.2, 0.25) is 0 Å². The number of likely N-dealkylation sites (tertiary alicyclic amines) is 1. The molecule has 118 valence electrons. The molecular formula is C15H19ClN4O2. The molecule has 2 atom stereocenters. The van der Waals surface area contributed by atoms with Crippen molar-refractivity contribution < 1.29 is 9.90 Å². The lowest BCUT2D eigenvalue weighted by Crippen LogP contribution is -2.38. The van der Waals surface area contributed by atoms with Gasteiger partial charge in [0.05, 0.1) is 17.1 Å². The Morgan fingerprint density at radius 1 is 1.50 bits per heavy atom. The molecule has 22 heavy (non-hydrogen) atoms. The van der Waals surface area contributed by atoms with Gasteiger partial charge in [-0.3, -0.25) is 4.79 Å². The van der Waals surface area contributed by atoms with E-state index in [4.69, 9.17) is 16.7 Å². The van der Waals surface area contributed by atoms with Gasteiger partial charge in [-0.2, -0.15) is 0 Å². The van der Waals surface area contributed by atoms with E-state index in [1.807, 2.05) is 11.0 Å². The summed E-state index contributed by atoms with van der Waals surface area (Å²) in [6, 6.07) is 3.77. The highest BCUT2D eigenvalue weighted by Crippen LogP contribution is 2.21. The summed E-state index contributed by atoms with van der Waals surface area (Å²) in [5.74, 6) is 0.281. The van der Waals surface area contributed by atoms with Crippen molar-refractivity contribution in [1.29, 1.82) is 0 Å². The Hall–Kier alpha value is -1.63. The molecule has 0 aromatic carbocycles. The minimum Gasteiger partial charge on any atom is -0.395 e. The summed E-state index contributed by atoms with van der Waals surface area (Å²) < 4.78 is 1.76. The molecule has 1 saturated heterocycles. The van der Waals surface area contributed by atoms with Crippen molar-refractivity contribution in [3.05, 3.63) is 35.4 Å². The van der Waals surface area contributed by atoms with Crippen LogP contribution in [-0.2, 0) is 0 Å². The zero-order valence-electron chi connectivity index (χ0n) is 12.4. The van der Waals surface area contributed by atoms with E-state index in [1.165, 1.54) is 0 Å². The number of aliphatic hydroxyl groups is 1. The molecule has 0 aliphatic carbocycles. The summed E-state index contributed by atoms with van der Waals surface area (Å²) in [6.45, 7) is 4.07. The Balaban J connectivity index is 1.79. The van der Waals surface area contributed by atoms with Crippen LogP contribution in [0.1, 0.15) is 17.4 Å². The minimum atomic E-state index is -0.0648. The molecule has 3 heterocycles. The highest BCUT2D eigenvalue weighted by atomic mass is 35.5. The first-order chi connectivity index (χ1) is 10.6. The average Bonchev–Trinajstić information content (AvgIpc) is 3.07. The van der Waals surface area contributed by atoms with Crippen LogP contribution < -0.4 is 5.32 Å². The van der Waals surface area contributed by atoms with E-state index < -0.39 is 0 Å². The number of nitrogens with zero attached hydrogens (tertiary/aromatic N) is 3. The van der Waals surface area contributed by atoms with E-state index in [2.05, 4.69) is 17.2 Å². The van der Waals surface area contributed by atoms with E-state index in [0.717, 1.165) is 5.52 Å². The van der Waals surface area contributed by atoms with Gasteiger partial charge in [-0.15, -0.1) is 0 Å². The van der Waals surface area contributed by atoms with E-state index in [9.17, 15) is 4.79 Å². The van der Waals surface area contributed by atoms with Gasteiger partial charge in [-0.25, -0.2) is 4.98 Å². The molecule has 0 bridgehead atoms. The number of nitrogens with one attached hydrogen (secondary N) is 1. The molecule has 0 unspecified atom stereocenters. The number of carbonyl (C=O) groups is 1. The van der Waals surface area contributed by atoms with Crippen LogP contribution in [0.25, 0.3) is 5.52 Å². The Bertz CT molecular complexity index is 687. The van der Waals surface area contributed by atoms with E-state index in [-0.39, 0.29) is 18.6 Å². The summed E-state index contributed by atoms with van der Waals surface area (Å²) in [5, 5.41) is 12.8. The molecule has 1 aliphatic heterocycles. The third-order valence-electron chi connectivity index (χ3n) is 4.12. The Kier molecular flexibility index (Phi) is 4.33. The molecule has 1 amide bonds. The predicted octanol–water partition coefficient (Wildman–Crippen LogP) is 1.03. The third-order valence-corrected chi connectivity index (χ3v) is 4.34. The molecule has 2 aromatic rings. The monoisotopic (exact) mass is 322 g/mol. The Labute approximate surface area is 133 Å². The maximum atomic E-state index is 12.7. The molecule has 2 aromatic heterocycles. The SMILES string of the molecule is C[C@@H]1CN(C(=O)c2ncn3cc(Cl)ccc23)C[C@H]1NCCO. The van der Waals surface area contributed by atoms with Crippen molar-refractivity contribution >= 4 is 23.0 Å². The number of imidazole rings is 1. The van der Waals surface area contributed by atoms with Gasteiger partial charge < -0.3 is 19.7 Å². The molecule has 3 rings (SSSR count). The lowest BCUT2D eigenvalue weighted by atomic mass is 10.1. The van der Waals surface area contributed by atoms with Gasteiger partial charge in [0.1, 0.15) is 6.33 Å². The average molecular weight is 323 g/mol. The third kappa shape index (κ3) is 2.82. The molecule has 0 spiro atoms. The smallest absolute Gasteiger partial charge is 0.274 e. The number of fused-ring (bicyclic) bond motifs is 1. The second-order valence-corrected chi connectivity index (χ2v) is 6.14. The first-order valence-corrected chi connectivity index (χ1v) is 7.73. The van der Waals surface area contributed by atoms with Crippen molar-refractivity contribution in [2.45, 2.75) is 13.0 Å². The first kappa shape index (κ1) is 15.3. The highest BCUT2D eigenvalue weighted by Gasteiger charge is 2.33. The van der Waals surface area contributed by atoms with Gasteiger partial charge in [-0.1, -0.05) is 18.5 Å². The fourth-order valence-electron chi connectivity index (χ4n) is 2.94. The standard InChI is InChI=1S/C15H19ClN4O2/c1-10-6-19(8-12(10)17-4-5-21)15(22)14-13-3-2-11(16)7-20(13)9-18-14/h2-3,7,9-10,12,17,21H,4-6,8H2,1H3/t10-,12-/m1/s1. The topological polar surface area (TPSA) is 69.9 Å². The number of carbonyl (C=O) groups excluding carboxylic acids is 1. The maximum Gasteiger partial charge on any atom is 0.274 e. The summed E-state index contributed by atoms with van der Waals surface area (Å²) in [7, 11) is 0. The van der Waals surface area contributed by atoms with Crippen LogP contribution in [0.3, 0.4) is 0 Å². The molecule has 0 radical (unpaired) electrons. The second kappa shape index (κ2) is 6.24. The van der Waals surface area contributed by atoms with Crippen LogP contribution in [0.15, 0.2) is 24.7 Å². The molecule has 1 fully saturated rings. The normalized spacial score (nSPS) is 21.7. The molecule has 1 aliphatic rings. The number of halogens is 1. The van der Waals surface area contributed by atoms with Crippen LogP contribution in [0.2, 0.25) is 5.02 Å². The van der Waals surface area contributed by atoms with Crippen LogP contribution in [0, 0.1) is 5.92 Å². The van der Waals surface area contributed by atoms with Gasteiger partial charge in [0.15, 0.2) is 5.69 Å². The summed E-state index contributed by atoms with van der Waals surface area (Å²) in [4.78, 5) is 18.8. The fraction of sp³-hybridized carbons (Fsp3) is 0.467. The van der Waals surface area contributed by atoms with Gasteiger partial charge in [0.25, 0.3) is 5.91 Å². The zero-order chi connectivity index (χ0) is 15.7. The number of amides is 1. The number of rotatable bonds is 4. The molecule has 0 saturated carbocycles. The maximum absolute atomic E-state index is 12.7. The van der Waals surface area contributed by atoms with Crippen LogP contribution >= 0.6 is 11.6 Å². The van der Waals surface area contributed by atoms with Gasteiger partial charge >= 0.3 is 0 Å². The van der Waals surface area contributed by atoms with Crippen molar-refractivity contribution in [1.82, 2.24) is 19.6 Å². The quantitative estimate of drug-likeness (QED) is 0.882. The van der Waals surface area contributed by atoms with Gasteiger partial charge in [0, 0.05) is 31.9 Å². The predicted molar refractivity (Wildman–Crippen MR) is 84.1 cm³/mol. The van der Waals surface area contributed by atoms with Crippen molar-refractivity contribution in [2.24, 2.45) is 5.92 Å². The lowest BCUT2D eigenvalue weighted by Gasteiger charge is -2.16. The number of hydrogen-bond donors (Lipinski definition) is 2. The molecule has 7 heteroatoms. The Morgan fingerprint density at radius 2 is 2.32 bits per heavy atom. The summed E-state index contributed by atoms with van der Waals surface area (Å²) >= 11 is 5.95. The van der Waals surface area contributed by atoms with E-state index >= 15 is 0 Å². The number of pyridine rings is 1. The summed E-state index contributed by atoms with van der Waals surface area (Å²) in [6.07, 6.45) is 3.34. The van der Waals surface area contributed by atoms with Crippen molar-refractivity contribution in [3.63, 3.8) is 0 Å². The van der Waals surface area contributed by atoms with Crippen LogP contribution in [0.4, 0.5) is 0 Å². The second-order valence-electron chi connectivity index (χ2n) is 5.70. The van der Waals surface area contributed by atoms with E-state index in [0.29, 0.717) is 36.3 Å². The van der Waals surface area contributed by atoms with Crippen LogP contribution in [-0.4, -0.2) is 57.6 Å². The van der Waals surface area contributed by atoms with Crippen molar-refractivity contribution in [3.8, 4) is 0 Å². The number of hydrogen-bond acceptors (Lipinski definition) is 4. The number of aromatic nitrogens is 2. The number of aliphatic hydroxyl groups excluding tert-OH is 1. The Morgan fingerprint density at radius 3 is 3.09 bits per heavy atom. The first-order valence-electron chi connectivity index (χ1n) is 7.36. The fourth-order valence-corrected chi connectivity index (χ4v) is 3.10. The highest BCUT2D eigenvalue weighted by molar-refractivity contribution is 6.30. The summed E-state index contributed by atoms with van der Waals surface area (Å²) in [5.41, 5.74) is 1.21. The molecule has 6 nitrogen and oxygen atoms in total. The molecule has 2 N–H and O–H groups in total. The van der Waals surface area contributed by atoms with Gasteiger partial charge in [-0.05, 0) is 18.1 Å². The van der Waals surface area contributed by atoms with Crippen LogP contribution in [0.5, 0.6) is 0 Å². The molecular weight excluding hydrogens is 304 g/mol.